The topological polar surface area (TPSA) is 78.5 Å². The van der Waals surface area contributed by atoms with Crippen LogP contribution < -0.4 is 25.6 Å². The van der Waals surface area contributed by atoms with Crippen molar-refractivity contribution < 1.29 is 9.47 Å². The van der Waals surface area contributed by atoms with Crippen LogP contribution >= 0.6 is 0 Å². The van der Waals surface area contributed by atoms with Crippen LogP contribution in [0.5, 0.6) is 17.5 Å². The Balaban J connectivity index is 1.47. The monoisotopic (exact) mass is 422 g/mol. The zero-order valence-corrected chi connectivity index (χ0v) is 17.4. The van der Waals surface area contributed by atoms with E-state index < -0.39 is 5.66 Å². The standard InChI is InChI=1S/C24H18N6O2/c1-14-13-24(20-15(2)26-29(23(20)31-14)17-9-4-3-5-10-17)28-25-21-18-12-16-8-6-7-11-19(16)32-22(18)27-30(21)24/h3-13,28H,1-2H3. The van der Waals surface area contributed by atoms with Crippen molar-refractivity contribution in [2.24, 2.45) is 5.10 Å². The van der Waals surface area contributed by atoms with Crippen LogP contribution in [0.1, 0.15) is 23.7 Å². The van der Waals surface area contributed by atoms with Gasteiger partial charge in [0.1, 0.15) is 11.5 Å². The first-order valence-electron chi connectivity index (χ1n) is 10.4. The third-order valence-electron chi connectivity index (χ3n) is 6.02. The summed E-state index contributed by atoms with van der Waals surface area (Å²) in [5.74, 6) is 2.69. The molecule has 1 N–H and O–H groups in total. The minimum absolute atomic E-state index is 0.538. The molecule has 0 fully saturated rings. The molecular formula is C24H18N6O2. The summed E-state index contributed by atoms with van der Waals surface area (Å²) >= 11 is 0. The van der Waals surface area contributed by atoms with Crippen molar-refractivity contribution in [2.45, 2.75) is 19.5 Å². The van der Waals surface area contributed by atoms with E-state index in [1.54, 1.807) is 0 Å². The lowest BCUT2D eigenvalue weighted by atomic mass is 9.97. The lowest BCUT2D eigenvalue weighted by molar-refractivity contribution is 0.285. The molecule has 2 aromatic heterocycles. The molecule has 2 aromatic carbocycles. The highest BCUT2D eigenvalue weighted by Gasteiger charge is 2.47. The molecule has 0 saturated heterocycles. The number of nitrogens with one attached hydrogen (secondary N) is 1. The fourth-order valence-corrected chi connectivity index (χ4v) is 4.68. The fraction of sp³-hybridized carbons (Fsp3) is 0.125. The maximum atomic E-state index is 6.19. The smallest absolute Gasteiger partial charge is 0.248 e. The molecule has 4 aromatic rings. The zero-order chi connectivity index (χ0) is 21.4. The third kappa shape index (κ3) is 2.13. The summed E-state index contributed by atoms with van der Waals surface area (Å²) in [4.78, 5) is 0. The van der Waals surface area contributed by atoms with Crippen molar-refractivity contribution in [1.82, 2.24) is 25.0 Å². The number of nitrogens with zero attached hydrogens (tertiary/aromatic N) is 5. The number of para-hydroxylation sites is 2. The molecule has 3 aliphatic rings. The molecule has 0 bridgehead atoms. The first-order chi connectivity index (χ1) is 15.6. The van der Waals surface area contributed by atoms with Crippen LogP contribution in [0.3, 0.4) is 0 Å². The number of ether oxygens (including phenoxy) is 2. The molecule has 156 valence electrons. The van der Waals surface area contributed by atoms with Gasteiger partial charge >= 0.3 is 0 Å². The van der Waals surface area contributed by atoms with Crippen molar-refractivity contribution >= 4 is 6.08 Å². The predicted molar refractivity (Wildman–Crippen MR) is 116 cm³/mol. The van der Waals surface area contributed by atoms with E-state index in [1.807, 2.05) is 83.9 Å². The molecule has 8 heteroatoms. The van der Waals surface area contributed by atoms with E-state index in [0.717, 1.165) is 39.2 Å². The summed E-state index contributed by atoms with van der Waals surface area (Å²) in [6.07, 6.45) is 4.05. The van der Waals surface area contributed by atoms with Crippen LogP contribution in [0.25, 0.3) is 11.8 Å². The summed E-state index contributed by atoms with van der Waals surface area (Å²) < 4.78 is 16.0. The van der Waals surface area contributed by atoms with Gasteiger partial charge in [0.05, 0.1) is 22.2 Å². The first-order valence-corrected chi connectivity index (χ1v) is 10.4. The molecule has 1 unspecified atom stereocenters. The van der Waals surface area contributed by atoms with E-state index in [9.17, 15) is 0 Å². The lowest BCUT2D eigenvalue weighted by Gasteiger charge is -2.31. The fourth-order valence-electron chi connectivity index (χ4n) is 4.68. The van der Waals surface area contributed by atoms with E-state index in [4.69, 9.17) is 19.7 Å². The third-order valence-corrected chi connectivity index (χ3v) is 6.02. The van der Waals surface area contributed by atoms with Gasteiger partial charge in [-0.1, -0.05) is 36.4 Å². The van der Waals surface area contributed by atoms with Gasteiger partial charge in [0.15, 0.2) is 5.49 Å². The largest absolute Gasteiger partial charge is 0.443 e. The summed E-state index contributed by atoms with van der Waals surface area (Å²) in [5, 5.41) is 15.2. The summed E-state index contributed by atoms with van der Waals surface area (Å²) in [6.45, 7) is 3.89. The molecule has 5 heterocycles. The van der Waals surface area contributed by atoms with Crippen molar-refractivity contribution in [2.75, 3.05) is 0 Å². The van der Waals surface area contributed by atoms with E-state index in [2.05, 4.69) is 16.6 Å². The van der Waals surface area contributed by atoms with Crippen molar-refractivity contribution in [1.29, 1.82) is 0 Å². The van der Waals surface area contributed by atoms with Gasteiger partial charge < -0.3 is 9.47 Å². The normalized spacial score (nSPS) is 19.2. The van der Waals surface area contributed by atoms with Gasteiger partial charge in [0.25, 0.3) is 0 Å². The molecule has 0 saturated carbocycles. The van der Waals surface area contributed by atoms with E-state index in [0.29, 0.717) is 17.2 Å². The molecule has 1 atom stereocenters. The SMILES string of the molecule is CC1=CC2(NN=c3c4c(nn32)Oc2ccccc2C=4)c2c(C)nn(-c3ccccc3)c2O1. The second-order valence-electron chi connectivity index (χ2n) is 8.10. The Morgan fingerprint density at radius 3 is 2.62 bits per heavy atom. The van der Waals surface area contributed by atoms with Gasteiger partial charge in [0.2, 0.25) is 17.4 Å². The lowest BCUT2D eigenvalue weighted by Crippen LogP contribution is -2.46. The Bertz CT molecular complexity index is 1580. The minimum Gasteiger partial charge on any atom is -0.443 e. The Hall–Kier alpha value is -4.33. The average Bonchev–Trinajstić information content (AvgIpc) is 3.45. The molecule has 7 rings (SSSR count). The quantitative estimate of drug-likeness (QED) is 0.449. The molecule has 0 radical (unpaired) electrons. The van der Waals surface area contributed by atoms with Crippen molar-refractivity contribution in [3.8, 4) is 23.2 Å². The number of hydrogen-bond donors (Lipinski definition) is 1. The van der Waals surface area contributed by atoms with Crippen molar-refractivity contribution in [3.05, 3.63) is 94.0 Å². The first kappa shape index (κ1) is 17.4. The summed E-state index contributed by atoms with van der Waals surface area (Å²) in [7, 11) is 0. The number of aryl methyl sites for hydroxylation is 1. The second-order valence-corrected chi connectivity index (χ2v) is 8.10. The van der Waals surface area contributed by atoms with Crippen LogP contribution in [0, 0.1) is 6.92 Å². The highest BCUT2D eigenvalue weighted by atomic mass is 16.5. The Morgan fingerprint density at radius 2 is 1.75 bits per heavy atom. The van der Waals surface area contributed by atoms with Crippen LogP contribution in [-0.2, 0) is 5.66 Å². The average molecular weight is 422 g/mol. The maximum absolute atomic E-state index is 6.19. The van der Waals surface area contributed by atoms with Gasteiger partial charge in [0, 0.05) is 11.6 Å². The predicted octanol–water partition coefficient (Wildman–Crippen LogP) is 2.45. The molecule has 0 amide bonds. The summed E-state index contributed by atoms with van der Waals surface area (Å²) in [6, 6.07) is 17.8. The van der Waals surface area contributed by atoms with Gasteiger partial charge in [-0.05, 0) is 38.1 Å². The van der Waals surface area contributed by atoms with Gasteiger partial charge in [-0.3, -0.25) is 5.43 Å². The van der Waals surface area contributed by atoms with Crippen LogP contribution in [0.4, 0.5) is 0 Å². The molecular weight excluding hydrogens is 404 g/mol. The molecule has 8 nitrogen and oxygen atoms in total. The Labute approximate surface area is 182 Å². The number of benzene rings is 2. The van der Waals surface area contributed by atoms with E-state index >= 15 is 0 Å². The number of rotatable bonds is 1. The maximum Gasteiger partial charge on any atom is 0.248 e. The van der Waals surface area contributed by atoms with Crippen LogP contribution in [0.2, 0.25) is 0 Å². The molecule has 1 spiro atoms. The highest BCUT2D eigenvalue weighted by molar-refractivity contribution is 5.62. The van der Waals surface area contributed by atoms with E-state index in [1.165, 1.54) is 0 Å². The molecule has 0 aliphatic carbocycles. The number of aromatic nitrogens is 4. The number of hydrogen-bond acceptors (Lipinski definition) is 6. The van der Waals surface area contributed by atoms with Crippen LogP contribution in [0.15, 0.2) is 71.5 Å². The molecule has 32 heavy (non-hydrogen) atoms. The van der Waals surface area contributed by atoms with Crippen molar-refractivity contribution in [3.63, 3.8) is 0 Å². The highest BCUT2D eigenvalue weighted by Crippen LogP contribution is 2.42. The zero-order valence-electron chi connectivity index (χ0n) is 17.4. The summed E-state index contributed by atoms with van der Waals surface area (Å²) in [5.41, 5.74) is 6.79. The second kappa shape index (κ2) is 5.88. The van der Waals surface area contributed by atoms with Gasteiger partial charge in [-0.25, -0.2) is 9.36 Å². The number of fused-ring (bicyclic) bond motifs is 7. The number of allylic oxidation sites excluding steroid dienone is 1. The van der Waals surface area contributed by atoms with E-state index in [-0.39, 0.29) is 0 Å². The molecule has 3 aliphatic heterocycles. The van der Waals surface area contributed by atoms with Crippen LogP contribution in [-0.4, -0.2) is 19.6 Å². The van der Waals surface area contributed by atoms with Gasteiger partial charge in [-0.15, -0.1) is 5.10 Å². The van der Waals surface area contributed by atoms with Gasteiger partial charge in [-0.2, -0.15) is 10.2 Å². The minimum atomic E-state index is -0.856. The Morgan fingerprint density at radius 1 is 0.938 bits per heavy atom. The Kier molecular flexibility index (Phi) is 3.19.